The topological polar surface area (TPSA) is 95.7 Å². The normalized spacial score (nSPS) is 12.0. The molecule has 0 aromatic heterocycles. The Labute approximate surface area is 118 Å². The number of aliphatic carboxylic acids is 1. The number of amides is 2. The zero-order chi connectivity index (χ0) is 15.1. The molecule has 6 nitrogen and oxygen atoms in total. The van der Waals surface area contributed by atoms with Gasteiger partial charge in [0.05, 0.1) is 6.54 Å². The average Bonchev–Trinajstić information content (AvgIpc) is 2.38. The first-order chi connectivity index (χ1) is 9.40. The number of urea groups is 1. The summed E-state index contributed by atoms with van der Waals surface area (Å²) in [4.78, 5) is 22.9. The van der Waals surface area contributed by atoms with Crippen molar-refractivity contribution >= 4 is 12.0 Å². The van der Waals surface area contributed by atoms with Crippen LogP contribution in [0.2, 0.25) is 0 Å². The number of nitrogens with zero attached hydrogens (tertiary/aromatic N) is 1. The Morgan fingerprint density at radius 2 is 1.90 bits per heavy atom. The summed E-state index contributed by atoms with van der Waals surface area (Å²) in [6.45, 7) is 4.01. The Bertz CT molecular complexity index is 448. The molecule has 0 saturated heterocycles. The van der Waals surface area contributed by atoms with Crippen LogP contribution >= 0.6 is 0 Å². The molecule has 0 saturated carbocycles. The fourth-order valence-electron chi connectivity index (χ4n) is 1.78. The van der Waals surface area contributed by atoms with Gasteiger partial charge >= 0.3 is 12.0 Å². The lowest BCUT2D eigenvalue weighted by atomic mass is 10.0. The van der Waals surface area contributed by atoms with Crippen LogP contribution < -0.4 is 11.2 Å². The van der Waals surface area contributed by atoms with E-state index in [9.17, 15) is 9.59 Å². The highest BCUT2D eigenvalue weighted by atomic mass is 16.4. The molecule has 0 aliphatic rings. The minimum Gasteiger partial charge on any atom is -0.480 e. The van der Waals surface area contributed by atoms with E-state index in [2.05, 4.69) is 5.32 Å². The lowest BCUT2D eigenvalue weighted by Gasteiger charge is -2.22. The molecule has 4 N–H and O–H groups in total. The number of rotatable bonds is 6. The lowest BCUT2D eigenvalue weighted by molar-refractivity contribution is -0.139. The molecule has 0 aliphatic heterocycles. The number of benzene rings is 1. The summed E-state index contributed by atoms with van der Waals surface area (Å²) in [7, 11) is 0. The molecule has 0 heterocycles. The Balaban J connectivity index is 2.57. The fourth-order valence-corrected chi connectivity index (χ4v) is 1.78. The number of carbonyl (C=O) groups excluding carboxylic acids is 1. The van der Waals surface area contributed by atoms with Crippen molar-refractivity contribution in [1.82, 2.24) is 10.3 Å². The second kappa shape index (κ2) is 7.49. The first kappa shape index (κ1) is 16.0. The Hall–Kier alpha value is -2.08. The predicted octanol–water partition coefficient (Wildman–Crippen LogP) is 1.57. The van der Waals surface area contributed by atoms with Crippen LogP contribution in [0.15, 0.2) is 30.3 Å². The van der Waals surface area contributed by atoms with E-state index in [4.69, 9.17) is 10.9 Å². The molecule has 6 heteroatoms. The first-order valence-electron chi connectivity index (χ1n) is 6.49. The van der Waals surface area contributed by atoms with E-state index in [-0.39, 0.29) is 12.5 Å². The zero-order valence-electron chi connectivity index (χ0n) is 11.7. The lowest BCUT2D eigenvalue weighted by Crippen LogP contribution is -2.50. The van der Waals surface area contributed by atoms with Crippen molar-refractivity contribution in [1.29, 1.82) is 0 Å². The SMILES string of the molecule is CC(C)C[C@H](NC(=O)N(N)Cc1ccccc1)C(=O)O. The number of carboxylic acid groups (broad SMARTS) is 1. The van der Waals surface area contributed by atoms with Gasteiger partial charge in [0.2, 0.25) is 0 Å². The molecule has 20 heavy (non-hydrogen) atoms. The number of hydrazine groups is 1. The van der Waals surface area contributed by atoms with Gasteiger partial charge in [0.1, 0.15) is 6.04 Å². The molecule has 0 unspecified atom stereocenters. The van der Waals surface area contributed by atoms with Gasteiger partial charge in [-0.25, -0.2) is 15.4 Å². The van der Waals surface area contributed by atoms with Crippen LogP contribution in [-0.2, 0) is 11.3 Å². The minimum absolute atomic E-state index is 0.164. The number of nitrogens with two attached hydrogens (primary N) is 1. The van der Waals surface area contributed by atoms with Gasteiger partial charge < -0.3 is 10.4 Å². The molecule has 0 bridgehead atoms. The number of carboxylic acids is 1. The molecule has 1 aromatic rings. The molecular formula is C14H21N3O3. The van der Waals surface area contributed by atoms with E-state index >= 15 is 0 Å². The number of hydrogen-bond acceptors (Lipinski definition) is 3. The summed E-state index contributed by atoms with van der Waals surface area (Å²) in [5.41, 5.74) is 0.876. The summed E-state index contributed by atoms with van der Waals surface area (Å²) in [5.74, 6) is 4.77. The van der Waals surface area contributed by atoms with Crippen LogP contribution in [0, 0.1) is 5.92 Å². The molecule has 0 radical (unpaired) electrons. The third kappa shape index (κ3) is 5.27. The quantitative estimate of drug-likeness (QED) is 0.418. The van der Waals surface area contributed by atoms with Crippen molar-refractivity contribution in [2.45, 2.75) is 32.9 Å². The van der Waals surface area contributed by atoms with Crippen molar-refractivity contribution in [3.63, 3.8) is 0 Å². The van der Waals surface area contributed by atoms with E-state index in [1.54, 1.807) is 0 Å². The van der Waals surface area contributed by atoms with Crippen LogP contribution in [0.4, 0.5) is 4.79 Å². The first-order valence-corrected chi connectivity index (χ1v) is 6.49. The van der Waals surface area contributed by atoms with Crippen molar-refractivity contribution < 1.29 is 14.7 Å². The van der Waals surface area contributed by atoms with Gasteiger partial charge in [-0.2, -0.15) is 0 Å². The van der Waals surface area contributed by atoms with Crippen LogP contribution in [0.3, 0.4) is 0 Å². The van der Waals surface area contributed by atoms with Gasteiger partial charge in [-0.3, -0.25) is 5.01 Å². The van der Waals surface area contributed by atoms with Crippen LogP contribution in [-0.4, -0.2) is 28.2 Å². The molecule has 1 rings (SSSR count). The molecule has 0 aliphatic carbocycles. The van der Waals surface area contributed by atoms with Crippen LogP contribution in [0.5, 0.6) is 0 Å². The van der Waals surface area contributed by atoms with E-state index in [0.717, 1.165) is 10.6 Å². The maximum atomic E-state index is 11.9. The third-order valence-corrected chi connectivity index (χ3v) is 2.76. The Kier molecular flexibility index (Phi) is 5.99. The molecule has 110 valence electrons. The van der Waals surface area contributed by atoms with Gasteiger partial charge in [-0.1, -0.05) is 44.2 Å². The monoisotopic (exact) mass is 279 g/mol. The minimum atomic E-state index is -1.06. The second-order valence-electron chi connectivity index (χ2n) is 5.08. The number of carbonyl (C=O) groups is 2. The summed E-state index contributed by atoms with van der Waals surface area (Å²) in [5, 5.41) is 12.5. The summed E-state index contributed by atoms with van der Waals surface area (Å²) in [6.07, 6.45) is 0.361. The molecular weight excluding hydrogens is 258 g/mol. The molecule has 0 spiro atoms. The number of nitrogens with one attached hydrogen (secondary N) is 1. The zero-order valence-corrected chi connectivity index (χ0v) is 11.7. The maximum Gasteiger partial charge on any atom is 0.332 e. The van der Waals surface area contributed by atoms with E-state index in [0.29, 0.717) is 6.42 Å². The summed E-state index contributed by atoms with van der Waals surface area (Å²) in [6, 6.07) is 7.73. The molecule has 1 aromatic carbocycles. The van der Waals surface area contributed by atoms with Crippen molar-refractivity contribution in [2.75, 3.05) is 0 Å². The van der Waals surface area contributed by atoms with Crippen molar-refractivity contribution in [2.24, 2.45) is 11.8 Å². The van der Waals surface area contributed by atoms with Crippen molar-refractivity contribution in [3.05, 3.63) is 35.9 Å². The van der Waals surface area contributed by atoms with E-state index < -0.39 is 18.0 Å². The third-order valence-electron chi connectivity index (χ3n) is 2.76. The van der Waals surface area contributed by atoms with Gasteiger partial charge in [0.15, 0.2) is 0 Å². The standard InChI is InChI=1S/C14H21N3O3/c1-10(2)8-12(13(18)19)16-14(20)17(15)9-11-6-4-3-5-7-11/h3-7,10,12H,8-9,15H2,1-2H3,(H,16,20)(H,18,19)/t12-/m0/s1. The van der Waals surface area contributed by atoms with Gasteiger partial charge in [0.25, 0.3) is 0 Å². The summed E-state index contributed by atoms with van der Waals surface area (Å²) < 4.78 is 0. The second-order valence-corrected chi connectivity index (χ2v) is 5.08. The van der Waals surface area contributed by atoms with E-state index in [1.807, 2.05) is 44.2 Å². The number of hydrogen-bond donors (Lipinski definition) is 3. The summed E-state index contributed by atoms with van der Waals surface area (Å²) >= 11 is 0. The van der Waals surface area contributed by atoms with Crippen LogP contribution in [0.25, 0.3) is 0 Å². The van der Waals surface area contributed by atoms with E-state index in [1.165, 1.54) is 0 Å². The van der Waals surface area contributed by atoms with Crippen LogP contribution in [0.1, 0.15) is 25.8 Å². The van der Waals surface area contributed by atoms with Gasteiger partial charge in [0, 0.05) is 0 Å². The molecule has 2 amide bonds. The molecule has 0 fully saturated rings. The largest absolute Gasteiger partial charge is 0.480 e. The van der Waals surface area contributed by atoms with Gasteiger partial charge in [-0.05, 0) is 17.9 Å². The van der Waals surface area contributed by atoms with Crippen molar-refractivity contribution in [3.8, 4) is 0 Å². The smallest absolute Gasteiger partial charge is 0.332 e. The predicted molar refractivity (Wildman–Crippen MR) is 75.6 cm³/mol. The van der Waals surface area contributed by atoms with Gasteiger partial charge in [-0.15, -0.1) is 0 Å². The average molecular weight is 279 g/mol. The Morgan fingerprint density at radius 3 is 2.40 bits per heavy atom. The Morgan fingerprint density at radius 1 is 1.30 bits per heavy atom. The molecule has 1 atom stereocenters. The fraction of sp³-hybridized carbons (Fsp3) is 0.429. The highest BCUT2D eigenvalue weighted by Crippen LogP contribution is 2.06. The maximum absolute atomic E-state index is 11.9. The highest BCUT2D eigenvalue weighted by Gasteiger charge is 2.22. The highest BCUT2D eigenvalue weighted by molar-refractivity contribution is 5.82.